The maximum absolute atomic E-state index is 2.45. The third-order valence-corrected chi connectivity index (χ3v) is 4.83. The number of hydrogen-bond donors (Lipinski definition) is 0. The van der Waals surface area contributed by atoms with Crippen LogP contribution in [0.1, 0.15) is 56.7 Å². The van der Waals surface area contributed by atoms with Crippen LogP contribution in [0, 0.1) is 12.8 Å². The molecule has 0 bridgehead atoms. The van der Waals surface area contributed by atoms with Crippen LogP contribution >= 0.6 is 0 Å². The van der Waals surface area contributed by atoms with Gasteiger partial charge in [-0.15, -0.1) is 0 Å². The first-order valence-electron chi connectivity index (χ1n) is 7.57. The first-order valence-corrected chi connectivity index (χ1v) is 7.57. The first-order chi connectivity index (χ1) is 9.04. The minimum absolute atomic E-state index is 0.187. The number of allylic oxidation sites excluding steroid dienone is 4. The maximum atomic E-state index is 2.45. The van der Waals surface area contributed by atoms with Crippen LogP contribution in [0.4, 0.5) is 0 Å². The zero-order valence-corrected chi connectivity index (χ0v) is 12.6. The third-order valence-electron chi connectivity index (χ3n) is 4.83. The Morgan fingerprint density at radius 1 is 1.26 bits per heavy atom. The number of benzene rings is 1. The van der Waals surface area contributed by atoms with Gasteiger partial charge in [-0.1, -0.05) is 63.1 Å². The molecule has 0 saturated heterocycles. The summed E-state index contributed by atoms with van der Waals surface area (Å²) in [7, 11) is 0. The standard InChI is InChI=1S/C19H24/c1-5-6-14-8-10-18-16(12-14)15-11-13(2)7-9-17(15)19(18,3)4/h7-11,14H,5-6,12H2,1-4H3. The monoisotopic (exact) mass is 252 g/mol. The molecule has 1 unspecified atom stereocenters. The van der Waals surface area contributed by atoms with Crippen LogP contribution in [0.2, 0.25) is 0 Å². The van der Waals surface area contributed by atoms with Crippen LogP contribution in [-0.4, -0.2) is 0 Å². The average molecular weight is 252 g/mol. The van der Waals surface area contributed by atoms with E-state index in [4.69, 9.17) is 0 Å². The molecule has 0 N–H and O–H groups in total. The van der Waals surface area contributed by atoms with E-state index in [1.807, 2.05) is 0 Å². The van der Waals surface area contributed by atoms with Gasteiger partial charge in [-0.05, 0) is 48.0 Å². The average Bonchev–Trinajstić information content (AvgIpc) is 2.58. The van der Waals surface area contributed by atoms with Gasteiger partial charge >= 0.3 is 0 Å². The zero-order valence-electron chi connectivity index (χ0n) is 12.6. The molecule has 0 heterocycles. The number of rotatable bonds is 2. The van der Waals surface area contributed by atoms with Gasteiger partial charge in [0, 0.05) is 5.41 Å². The summed E-state index contributed by atoms with van der Waals surface area (Å²) in [5.74, 6) is 0.742. The summed E-state index contributed by atoms with van der Waals surface area (Å²) in [6.45, 7) is 9.23. The van der Waals surface area contributed by atoms with Crippen molar-refractivity contribution in [3.8, 4) is 0 Å². The van der Waals surface area contributed by atoms with Gasteiger partial charge in [0.15, 0.2) is 0 Å². The summed E-state index contributed by atoms with van der Waals surface area (Å²) >= 11 is 0. The van der Waals surface area contributed by atoms with Crippen molar-refractivity contribution in [3.05, 3.63) is 52.6 Å². The molecule has 0 fully saturated rings. The molecule has 0 nitrogen and oxygen atoms in total. The molecule has 0 saturated carbocycles. The highest BCUT2D eigenvalue weighted by Gasteiger charge is 2.38. The van der Waals surface area contributed by atoms with Gasteiger partial charge in [-0.3, -0.25) is 0 Å². The Labute approximate surface area is 117 Å². The second kappa shape index (κ2) is 4.37. The Balaban J connectivity index is 2.08. The van der Waals surface area contributed by atoms with Crippen molar-refractivity contribution in [2.24, 2.45) is 5.92 Å². The van der Waals surface area contributed by atoms with Gasteiger partial charge in [-0.25, -0.2) is 0 Å². The van der Waals surface area contributed by atoms with Crippen molar-refractivity contribution in [2.45, 2.75) is 52.4 Å². The van der Waals surface area contributed by atoms with Crippen LogP contribution in [0.3, 0.4) is 0 Å². The van der Waals surface area contributed by atoms with Crippen molar-refractivity contribution >= 4 is 5.57 Å². The third kappa shape index (κ3) is 1.89. The molecule has 2 aliphatic rings. The molecule has 0 aromatic heterocycles. The lowest BCUT2D eigenvalue weighted by atomic mass is 9.78. The molecule has 0 heteroatoms. The smallest absolute Gasteiger partial charge is 0.0155 e. The fourth-order valence-electron chi connectivity index (χ4n) is 3.78. The molecule has 0 spiro atoms. The van der Waals surface area contributed by atoms with E-state index in [0.29, 0.717) is 0 Å². The molecule has 2 aliphatic carbocycles. The zero-order chi connectivity index (χ0) is 13.6. The first kappa shape index (κ1) is 12.7. The van der Waals surface area contributed by atoms with Gasteiger partial charge in [0.25, 0.3) is 0 Å². The van der Waals surface area contributed by atoms with Crippen LogP contribution in [0.5, 0.6) is 0 Å². The second-order valence-corrected chi connectivity index (χ2v) is 6.68. The summed E-state index contributed by atoms with van der Waals surface area (Å²) in [6.07, 6.45) is 8.69. The SMILES string of the molecule is CCCC1C=CC2=C(C1)c1cc(C)ccc1C2(C)C. The maximum Gasteiger partial charge on any atom is 0.0155 e. The Bertz CT molecular complexity index is 570. The Morgan fingerprint density at radius 2 is 2.05 bits per heavy atom. The molecule has 3 rings (SSSR count). The quantitative estimate of drug-likeness (QED) is 0.659. The van der Waals surface area contributed by atoms with Crippen LogP contribution in [-0.2, 0) is 5.41 Å². The van der Waals surface area contributed by atoms with Gasteiger partial charge in [0.05, 0.1) is 0 Å². The summed E-state index contributed by atoms with van der Waals surface area (Å²) in [4.78, 5) is 0. The summed E-state index contributed by atoms with van der Waals surface area (Å²) in [5, 5.41) is 0. The van der Waals surface area contributed by atoms with E-state index in [2.05, 4.69) is 58.0 Å². The van der Waals surface area contributed by atoms with E-state index in [9.17, 15) is 0 Å². The largest absolute Gasteiger partial charge is 0.0808 e. The van der Waals surface area contributed by atoms with Gasteiger partial charge in [0.1, 0.15) is 0 Å². The van der Waals surface area contributed by atoms with E-state index in [1.165, 1.54) is 36.0 Å². The summed E-state index contributed by atoms with van der Waals surface area (Å²) < 4.78 is 0. The fraction of sp³-hybridized carbons (Fsp3) is 0.474. The topological polar surface area (TPSA) is 0 Å². The lowest BCUT2D eigenvalue weighted by Crippen LogP contribution is -2.17. The molecule has 1 aromatic rings. The van der Waals surface area contributed by atoms with Gasteiger partial charge in [-0.2, -0.15) is 0 Å². The molecule has 100 valence electrons. The van der Waals surface area contributed by atoms with Gasteiger partial charge in [0.2, 0.25) is 0 Å². The van der Waals surface area contributed by atoms with E-state index >= 15 is 0 Å². The minimum Gasteiger partial charge on any atom is -0.0808 e. The number of hydrogen-bond acceptors (Lipinski definition) is 0. The van der Waals surface area contributed by atoms with E-state index < -0.39 is 0 Å². The van der Waals surface area contributed by atoms with Crippen molar-refractivity contribution in [2.75, 3.05) is 0 Å². The molecule has 0 amide bonds. The van der Waals surface area contributed by atoms with Crippen LogP contribution in [0.15, 0.2) is 35.9 Å². The second-order valence-electron chi connectivity index (χ2n) is 6.68. The highest BCUT2D eigenvalue weighted by atomic mass is 14.4. The van der Waals surface area contributed by atoms with Crippen molar-refractivity contribution in [3.63, 3.8) is 0 Å². The van der Waals surface area contributed by atoms with Crippen molar-refractivity contribution in [1.29, 1.82) is 0 Å². The molecular weight excluding hydrogens is 228 g/mol. The highest BCUT2D eigenvalue weighted by molar-refractivity contribution is 5.83. The minimum atomic E-state index is 0.187. The Kier molecular flexibility index (Phi) is 2.92. The molecule has 19 heavy (non-hydrogen) atoms. The highest BCUT2D eigenvalue weighted by Crippen LogP contribution is 2.51. The lowest BCUT2D eigenvalue weighted by Gasteiger charge is -2.25. The van der Waals surface area contributed by atoms with Gasteiger partial charge < -0.3 is 0 Å². The Hall–Kier alpha value is -1.30. The lowest BCUT2D eigenvalue weighted by molar-refractivity contribution is 0.581. The van der Waals surface area contributed by atoms with E-state index in [-0.39, 0.29) is 5.41 Å². The molecule has 0 radical (unpaired) electrons. The Morgan fingerprint density at radius 3 is 2.79 bits per heavy atom. The van der Waals surface area contributed by atoms with E-state index in [0.717, 1.165) is 5.92 Å². The number of fused-ring (bicyclic) bond motifs is 2. The fourth-order valence-corrected chi connectivity index (χ4v) is 3.78. The van der Waals surface area contributed by atoms with Crippen LogP contribution < -0.4 is 0 Å². The predicted octanol–water partition coefficient (Wildman–Crippen LogP) is 5.42. The molecule has 0 aliphatic heterocycles. The summed E-state index contributed by atoms with van der Waals surface area (Å²) in [5.41, 5.74) is 7.77. The van der Waals surface area contributed by atoms with Crippen LogP contribution in [0.25, 0.3) is 5.57 Å². The molecular formula is C19H24. The number of aryl methyl sites for hydroxylation is 1. The van der Waals surface area contributed by atoms with Crippen molar-refractivity contribution in [1.82, 2.24) is 0 Å². The molecule has 1 atom stereocenters. The predicted molar refractivity (Wildman–Crippen MR) is 83.3 cm³/mol. The van der Waals surface area contributed by atoms with Crippen molar-refractivity contribution < 1.29 is 0 Å². The van der Waals surface area contributed by atoms with E-state index in [1.54, 1.807) is 11.1 Å². The normalized spacial score (nSPS) is 23.5. The molecule has 1 aromatic carbocycles. The summed E-state index contributed by atoms with van der Waals surface area (Å²) in [6, 6.07) is 6.99.